The molecule has 0 aromatic rings. The van der Waals surface area contributed by atoms with Crippen molar-refractivity contribution in [1.82, 2.24) is 15.1 Å². The molecule has 1 fully saturated rings. The van der Waals surface area contributed by atoms with E-state index in [0.29, 0.717) is 19.5 Å². The zero-order valence-corrected chi connectivity index (χ0v) is 12.3. The molecule has 1 rings (SSSR count). The van der Waals surface area contributed by atoms with Crippen molar-refractivity contribution in [2.45, 2.75) is 26.2 Å². The lowest BCUT2D eigenvalue weighted by molar-refractivity contribution is -0.138. The molecule has 21 heavy (non-hydrogen) atoms. The van der Waals surface area contributed by atoms with Crippen molar-refractivity contribution in [2.24, 2.45) is 5.92 Å². The molecule has 0 radical (unpaired) electrons. The Balaban J connectivity index is 2.46. The lowest BCUT2D eigenvalue weighted by atomic mass is 10.0. The van der Waals surface area contributed by atoms with Crippen LogP contribution in [0.1, 0.15) is 26.2 Å². The van der Waals surface area contributed by atoms with Gasteiger partial charge in [-0.25, -0.2) is 4.79 Å². The Labute approximate surface area is 123 Å². The van der Waals surface area contributed by atoms with Crippen molar-refractivity contribution in [1.29, 1.82) is 0 Å². The molecule has 0 saturated carbocycles. The number of imide groups is 1. The van der Waals surface area contributed by atoms with Crippen LogP contribution in [0.4, 0.5) is 4.79 Å². The van der Waals surface area contributed by atoms with Crippen molar-refractivity contribution in [3.05, 3.63) is 0 Å². The quantitative estimate of drug-likeness (QED) is 0.753. The maximum atomic E-state index is 11.9. The number of carboxylic acids is 1. The van der Waals surface area contributed by atoms with Crippen LogP contribution in [0.5, 0.6) is 0 Å². The van der Waals surface area contributed by atoms with Gasteiger partial charge in [0.1, 0.15) is 6.54 Å². The first-order chi connectivity index (χ1) is 9.79. The van der Waals surface area contributed by atoms with E-state index in [1.807, 2.05) is 0 Å². The van der Waals surface area contributed by atoms with Gasteiger partial charge >= 0.3 is 12.0 Å². The third kappa shape index (κ3) is 5.80. The van der Waals surface area contributed by atoms with Crippen LogP contribution in [0.15, 0.2) is 0 Å². The third-order valence-corrected chi connectivity index (χ3v) is 3.26. The molecular formula is C13H21N3O5. The minimum Gasteiger partial charge on any atom is -0.481 e. The summed E-state index contributed by atoms with van der Waals surface area (Å²) in [5, 5.41) is 10.8. The van der Waals surface area contributed by atoms with E-state index in [2.05, 4.69) is 5.32 Å². The van der Waals surface area contributed by atoms with Gasteiger partial charge in [0.05, 0.1) is 0 Å². The molecule has 0 aliphatic carbocycles. The summed E-state index contributed by atoms with van der Waals surface area (Å²) < 4.78 is 0. The summed E-state index contributed by atoms with van der Waals surface area (Å²) in [5.41, 5.74) is 0. The zero-order valence-electron chi connectivity index (χ0n) is 12.3. The van der Waals surface area contributed by atoms with Gasteiger partial charge in [-0.2, -0.15) is 0 Å². The summed E-state index contributed by atoms with van der Waals surface area (Å²) in [7, 11) is 1.67. The second-order valence-electron chi connectivity index (χ2n) is 5.35. The highest BCUT2D eigenvalue weighted by Crippen LogP contribution is 2.08. The summed E-state index contributed by atoms with van der Waals surface area (Å²) in [4.78, 5) is 48.6. The van der Waals surface area contributed by atoms with Gasteiger partial charge in [-0.05, 0) is 12.3 Å². The van der Waals surface area contributed by atoms with Crippen molar-refractivity contribution < 1.29 is 24.3 Å². The second kappa shape index (κ2) is 7.61. The van der Waals surface area contributed by atoms with E-state index in [1.54, 1.807) is 18.9 Å². The van der Waals surface area contributed by atoms with E-state index in [1.165, 1.54) is 4.90 Å². The van der Waals surface area contributed by atoms with Crippen LogP contribution in [-0.4, -0.2) is 65.4 Å². The monoisotopic (exact) mass is 299 g/mol. The van der Waals surface area contributed by atoms with E-state index in [-0.39, 0.29) is 31.2 Å². The number of aliphatic carboxylic acids is 1. The molecule has 1 aliphatic heterocycles. The molecule has 0 spiro atoms. The Bertz CT molecular complexity index is 438. The van der Waals surface area contributed by atoms with Crippen molar-refractivity contribution in [3.8, 4) is 0 Å². The number of likely N-dealkylation sites (N-methyl/N-ethyl adjacent to an activating group) is 1. The van der Waals surface area contributed by atoms with Crippen LogP contribution in [0.2, 0.25) is 0 Å². The highest BCUT2D eigenvalue weighted by Gasteiger charge is 2.24. The first-order valence-corrected chi connectivity index (χ1v) is 6.84. The average Bonchev–Trinajstić information content (AvgIpc) is 2.50. The smallest absolute Gasteiger partial charge is 0.324 e. The molecule has 2 N–H and O–H groups in total. The van der Waals surface area contributed by atoms with Crippen LogP contribution >= 0.6 is 0 Å². The minimum atomic E-state index is -0.984. The molecule has 1 aliphatic rings. The van der Waals surface area contributed by atoms with Crippen molar-refractivity contribution in [2.75, 3.05) is 26.7 Å². The maximum absolute atomic E-state index is 11.9. The molecule has 4 amide bonds. The molecule has 0 aromatic carbocycles. The van der Waals surface area contributed by atoms with Crippen LogP contribution in [0.3, 0.4) is 0 Å². The van der Waals surface area contributed by atoms with Crippen molar-refractivity contribution >= 4 is 23.8 Å². The summed E-state index contributed by atoms with van der Waals surface area (Å²) in [6, 6.07) is -0.605. The molecule has 0 aromatic heterocycles. The fourth-order valence-corrected chi connectivity index (χ4v) is 2.10. The predicted octanol–water partition coefficient (Wildman–Crippen LogP) is -0.112. The molecule has 1 atom stereocenters. The van der Waals surface area contributed by atoms with E-state index >= 15 is 0 Å². The summed E-state index contributed by atoms with van der Waals surface area (Å²) in [5.74, 6) is -2.04. The van der Waals surface area contributed by atoms with Gasteiger partial charge in [0.2, 0.25) is 11.8 Å². The van der Waals surface area contributed by atoms with E-state index < -0.39 is 17.9 Å². The van der Waals surface area contributed by atoms with Crippen LogP contribution in [0.25, 0.3) is 0 Å². The van der Waals surface area contributed by atoms with E-state index in [4.69, 9.17) is 5.11 Å². The van der Waals surface area contributed by atoms with Gasteiger partial charge in [0.25, 0.3) is 0 Å². The molecule has 8 nitrogen and oxygen atoms in total. The van der Waals surface area contributed by atoms with Crippen LogP contribution in [0, 0.1) is 5.92 Å². The highest BCUT2D eigenvalue weighted by molar-refractivity contribution is 5.96. The Kier molecular flexibility index (Phi) is 6.13. The number of nitrogens with zero attached hydrogens (tertiary/aromatic N) is 2. The Hall–Kier alpha value is -2.12. The van der Waals surface area contributed by atoms with E-state index in [9.17, 15) is 19.2 Å². The SMILES string of the molecule is CC(CC(=O)O)CC(=O)NC(=O)N1CCCN(C)C(=O)C1. The molecule has 1 saturated heterocycles. The number of carbonyl (C=O) groups is 4. The molecule has 118 valence electrons. The fourth-order valence-electron chi connectivity index (χ4n) is 2.10. The number of nitrogens with one attached hydrogen (secondary N) is 1. The van der Waals surface area contributed by atoms with Gasteiger partial charge in [0, 0.05) is 33.0 Å². The first kappa shape index (κ1) is 16.9. The number of amides is 4. The number of urea groups is 1. The summed E-state index contributed by atoms with van der Waals surface area (Å²) >= 11 is 0. The normalized spacial score (nSPS) is 17.1. The van der Waals surface area contributed by atoms with Gasteiger partial charge in [-0.1, -0.05) is 6.92 Å². The van der Waals surface area contributed by atoms with Gasteiger partial charge < -0.3 is 14.9 Å². The van der Waals surface area contributed by atoms with Gasteiger partial charge in [-0.15, -0.1) is 0 Å². The Morgan fingerprint density at radius 3 is 2.57 bits per heavy atom. The predicted molar refractivity (Wildman–Crippen MR) is 73.4 cm³/mol. The third-order valence-electron chi connectivity index (χ3n) is 3.26. The average molecular weight is 299 g/mol. The molecular weight excluding hydrogens is 278 g/mol. The number of hydrogen-bond donors (Lipinski definition) is 2. The molecule has 0 bridgehead atoms. The molecule has 1 unspecified atom stereocenters. The highest BCUT2D eigenvalue weighted by atomic mass is 16.4. The molecule has 8 heteroatoms. The number of rotatable bonds is 4. The number of hydrogen-bond acceptors (Lipinski definition) is 4. The Morgan fingerprint density at radius 2 is 1.95 bits per heavy atom. The Morgan fingerprint density at radius 1 is 1.29 bits per heavy atom. The summed E-state index contributed by atoms with van der Waals surface area (Å²) in [6.45, 7) is 2.55. The first-order valence-electron chi connectivity index (χ1n) is 6.84. The maximum Gasteiger partial charge on any atom is 0.324 e. The van der Waals surface area contributed by atoms with Gasteiger partial charge in [0.15, 0.2) is 0 Å². The number of carboxylic acid groups (broad SMARTS) is 1. The largest absolute Gasteiger partial charge is 0.481 e. The van der Waals surface area contributed by atoms with Crippen LogP contribution < -0.4 is 5.32 Å². The van der Waals surface area contributed by atoms with Gasteiger partial charge in [-0.3, -0.25) is 19.7 Å². The summed E-state index contributed by atoms with van der Waals surface area (Å²) in [6.07, 6.45) is 0.480. The topological polar surface area (TPSA) is 107 Å². The lowest BCUT2D eigenvalue weighted by Gasteiger charge is -2.20. The lowest BCUT2D eigenvalue weighted by Crippen LogP contribution is -2.46. The zero-order chi connectivity index (χ0) is 16.0. The van der Waals surface area contributed by atoms with E-state index in [0.717, 1.165) is 0 Å². The fraction of sp³-hybridized carbons (Fsp3) is 0.692. The number of carbonyl (C=O) groups excluding carboxylic acids is 3. The molecule has 1 heterocycles. The van der Waals surface area contributed by atoms with Crippen molar-refractivity contribution in [3.63, 3.8) is 0 Å². The standard InChI is InChI=1S/C13H21N3O5/c1-9(7-12(19)20)6-10(17)14-13(21)16-5-3-4-15(2)11(18)8-16/h9H,3-8H2,1-2H3,(H,19,20)(H,14,17,21). The minimum absolute atomic E-state index is 0.0419. The van der Waals surface area contributed by atoms with Crippen LogP contribution in [-0.2, 0) is 14.4 Å². The second-order valence-corrected chi connectivity index (χ2v) is 5.35.